The van der Waals surface area contributed by atoms with E-state index in [1.165, 1.54) is 4.90 Å². The number of benzene rings is 2. The van der Waals surface area contributed by atoms with E-state index in [9.17, 15) is 20.1 Å². The van der Waals surface area contributed by atoms with Gasteiger partial charge in [0.05, 0.1) is 5.92 Å². The van der Waals surface area contributed by atoms with Crippen LogP contribution in [0.3, 0.4) is 0 Å². The molecule has 0 amide bonds. The van der Waals surface area contributed by atoms with E-state index in [0.717, 1.165) is 0 Å². The molecule has 0 saturated heterocycles. The lowest BCUT2D eigenvalue weighted by molar-refractivity contribution is -0.138. The topological polar surface area (TPSA) is 81.0 Å². The molecule has 5 heteroatoms. The van der Waals surface area contributed by atoms with Gasteiger partial charge in [-0.15, -0.1) is 0 Å². The molecule has 0 saturated carbocycles. The number of carboxylic acid groups (broad SMARTS) is 1. The molecule has 2 aromatic rings. The molecule has 0 aliphatic carbocycles. The van der Waals surface area contributed by atoms with Crippen molar-refractivity contribution in [3.63, 3.8) is 0 Å². The standard InChI is InChI=1S/C18H19NO4/c1-2-13(18(22)23)11-7-9-12(10-8-11)19-16(20)14-5-3-4-6-15(14)17(19)21/h3-10,13,16-17,20-21H,2H2,1H3,(H,22,23). The zero-order valence-corrected chi connectivity index (χ0v) is 12.8. The smallest absolute Gasteiger partial charge is 0.310 e. The number of aliphatic hydroxyl groups excluding tert-OH is 2. The highest BCUT2D eigenvalue weighted by atomic mass is 16.4. The molecule has 1 aliphatic heterocycles. The minimum absolute atomic E-state index is 0.509. The Labute approximate surface area is 134 Å². The predicted molar refractivity (Wildman–Crippen MR) is 86.0 cm³/mol. The molecule has 0 radical (unpaired) electrons. The first-order valence-electron chi connectivity index (χ1n) is 7.60. The van der Waals surface area contributed by atoms with Gasteiger partial charge in [0, 0.05) is 16.8 Å². The highest BCUT2D eigenvalue weighted by Gasteiger charge is 2.36. The Morgan fingerprint density at radius 1 is 1.04 bits per heavy atom. The van der Waals surface area contributed by atoms with Crippen LogP contribution in [0.25, 0.3) is 0 Å². The van der Waals surface area contributed by atoms with Crippen molar-refractivity contribution in [3.05, 3.63) is 65.2 Å². The molecule has 3 atom stereocenters. The van der Waals surface area contributed by atoms with Gasteiger partial charge in [0.1, 0.15) is 0 Å². The molecule has 0 bridgehead atoms. The zero-order chi connectivity index (χ0) is 16.6. The molecule has 3 rings (SSSR count). The van der Waals surface area contributed by atoms with Gasteiger partial charge in [-0.1, -0.05) is 43.3 Å². The lowest BCUT2D eigenvalue weighted by Gasteiger charge is -2.27. The van der Waals surface area contributed by atoms with E-state index in [1.54, 1.807) is 36.4 Å². The second-order valence-corrected chi connectivity index (χ2v) is 5.67. The van der Waals surface area contributed by atoms with Crippen LogP contribution < -0.4 is 4.90 Å². The number of aliphatic carboxylic acids is 1. The van der Waals surface area contributed by atoms with E-state index in [-0.39, 0.29) is 0 Å². The van der Waals surface area contributed by atoms with E-state index < -0.39 is 24.3 Å². The van der Waals surface area contributed by atoms with E-state index in [2.05, 4.69) is 0 Å². The fourth-order valence-corrected chi connectivity index (χ4v) is 3.13. The van der Waals surface area contributed by atoms with Gasteiger partial charge in [-0.2, -0.15) is 0 Å². The van der Waals surface area contributed by atoms with Crippen molar-refractivity contribution in [2.24, 2.45) is 0 Å². The summed E-state index contributed by atoms with van der Waals surface area (Å²) in [6.07, 6.45) is -1.34. The maximum Gasteiger partial charge on any atom is 0.310 e. The number of hydrogen-bond donors (Lipinski definition) is 3. The Morgan fingerprint density at radius 3 is 2.00 bits per heavy atom. The summed E-state index contributed by atoms with van der Waals surface area (Å²) in [6.45, 7) is 1.83. The summed E-state index contributed by atoms with van der Waals surface area (Å²) < 4.78 is 0. The summed E-state index contributed by atoms with van der Waals surface area (Å²) >= 11 is 0. The molecule has 3 N–H and O–H groups in total. The van der Waals surface area contributed by atoms with Crippen LogP contribution in [-0.2, 0) is 4.79 Å². The van der Waals surface area contributed by atoms with Gasteiger partial charge in [0.25, 0.3) is 0 Å². The molecule has 23 heavy (non-hydrogen) atoms. The Hall–Kier alpha value is -2.37. The molecule has 120 valence electrons. The second kappa shape index (κ2) is 6.02. The Kier molecular flexibility index (Phi) is 4.07. The second-order valence-electron chi connectivity index (χ2n) is 5.67. The minimum atomic E-state index is -0.923. The van der Waals surface area contributed by atoms with Gasteiger partial charge in [-0.3, -0.25) is 4.79 Å². The first-order chi connectivity index (χ1) is 11.0. The molecule has 0 aromatic heterocycles. The molecule has 2 aromatic carbocycles. The average Bonchev–Trinajstić information content (AvgIpc) is 2.81. The van der Waals surface area contributed by atoms with Crippen LogP contribution in [0.4, 0.5) is 5.69 Å². The first-order valence-corrected chi connectivity index (χ1v) is 7.60. The van der Waals surface area contributed by atoms with Crippen molar-refractivity contribution in [3.8, 4) is 0 Å². The monoisotopic (exact) mass is 313 g/mol. The Bertz CT molecular complexity index is 684. The van der Waals surface area contributed by atoms with Crippen molar-refractivity contribution >= 4 is 11.7 Å². The third kappa shape index (κ3) is 2.58. The van der Waals surface area contributed by atoms with Crippen LogP contribution in [-0.4, -0.2) is 21.3 Å². The van der Waals surface area contributed by atoms with Crippen LogP contribution in [0.1, 0.15) is 48.4 Å². The number of hydrogen-bond acceptors (Lipinski definition) is 4. The molecule has 1 aliphatic rings. The Morgan fingerprint density at radius 2 is 1.57 bits per heavy atom. The van der Waals surface area contributed by atoms with Gasteiger partial charge in [-0.05, 0) is 24.1 Å². The SMILES string of the molecule is CCC(C(=O)O)c1ccc(N2C(O)c3ccccc3C2O)cc1. The van der Waals surface area contributed by atoms with Crippen LogP contribution in [0.2, 0.25) is 0 Å². The number of fused-ring (bicyclic) bond motifs is 1. The summed E-state index contributed by atoms with van der Waals surface area (Å²) in [5.41, 5.74) is 2.72. The van der Waals surface area contributed by atoms with Gasteiger partial charge < -0.3 is 20.2 Å². The highest BCUT2D eigenvalue weighted by Crippen LogP contribution is 2.42. The summed E-state index contributed by atoms with van der Waals surface area (Å²) in [5.74, 6) is -1.40. The quantitative estimate of drug-likeness (QED) is 0.808. The number of carboxylic acids is 1. The van der Waals surface area contributed by atoms with Gasteiger partial charge in [0.15, 0.2) is 12.5 Å². The summed E-state index contributed by atoms with van der Waals surface area (Å²) in [7, 11) is 0. The number of rotatable bonds is 4. The number of carbonyl (C=O) groups is 1. The summed E-state index contributed by atoms with van der Waals surface area (Å²) in [5, 5.41) is 30.1. The lowest BCUT2D eigenvalue weighted by Crippen LogP contribution is -2.25. The van der Waals surface area contributed by atoms with Crippen LogP contribution in [0, 0.1) is 0 Å². The van der Waals surface area contributed by atoms with Crippen LogP contribution in [0.15, 0.2) is 48.5 Å². The van der Waals surface area contributed by atoms with Crippen molar-refractivity contribution in [1.82, 2.24) is 0 Å². The van der Waals surface area contributed by atoms with Crippen molar-refractivity contribution in [2.75, 3.05) is 4.90 Å². The fraction of sp³-hybridized carbons (Fsp3) is 0.278. The molecule has 0 fully saturated rings. The third-order valence-corrected chi connectivity index (χ3v) is 4.38. The van der Waals surface area contributed by atoms with Crippen LogP contribution >= 0.6 is 0 Å². The lowest BCUT2D eigenvalue weighted by atomic mass is 9.96. The van der Waals surface area contributed by atoms with Crippen molar-refractivity contribution in [2.45, 2.75) is 31.7 Å². The third-order valence-electron chi connectivity index (χ3n) is 4.38. The van der Waals surface area contributed by atoms with Crippen LogP contribution in [0.5, 0.6) is 0 Å². The zero-order valence-electron chi connectivity index (χ0n) is 12.8. The van der Waals surface area contributed by atoms with E-state index in [4.69, 9.17) is 0 Å². The largest absolute Gasteiger partial charge is 0.481 e. The summed E-state index contributed by atoms with van der Waals surface area (Å²) in [6, 6.07) is 14.2. The maximum atomic E-state index is 11.2. The maximum absolute atomic E-state index is 11.2. The molecule has 0 spiro atoms. The van der Waals surface area contributed by atoms with Crippen molar-refractivity contribution < 1.29 is 20.1 Å². The van der Waals surface area contributed by atoms with Gasteiger partial charge in [-0.25, -0.2) is 0 Å². The average molecular weight is 313 g/mol. The highest BCUT2D eigenvalue weighted by molar-refractivity contribution is 5.76. The predicted octanol–water partition coefficient (Wildman–Crippen LogP) is 2.77. The fourth-order valence-electron chi connectivity index (χ4n) is 3.13. The Balaban J connectivity index is 1.90. The van der Waals surface area contributed by atoms with Crippen molar-refractivity contribution in [1.29, 1.82) is 0 Å². The van der Waals surface area contributed by atoms with E-state index in [1.807, 2.05) is 19.1 Å². The van der Waals surface area contributed by atoms with E-state index in [0.29, 0.717) is 28.8 Å². The molecular formula is C18H19NO4. The molecule has 5 nitrogen and oxygen atoms in total. The molecular weight excluding hydrogens is 294 g/mol. The number of anilines is 1. The minimum Gasteiger partial charge on any atom is -0.481 e. The number of aliphatic hydroxyl groups is 2. The summed E-state index contributed by atoms with van der Waals surface area (Å²) in [4.78, 5) is 12.7. The molecule has 3 unspecified atom stereocenters. The first kappa shape index (κ1) is 15.5. The van der Waals surface area contributed by atoms with Gasteiger partial charge in [0.2, 0.25) is 0 Å². The molecule has 1 heterocycles. The number of nitrogens with zero attached hydrogens (tertiary/aromatic N) is 1. The normalized spacial score (nSPS) is 21.1. The van der Waals surface area contributed by atoms with Gasteiger partial charge >= 0.3 is 5.97 Å². The van der Waals surface area contributed by atoms with E-state index >= 15 is 0 Å².